The van der Waals surface area contributed by atoms with Gasteiger partial charge < -0.3 is 10.2 Å². The van der Waals surface area contributed by atoms with Crippen molar-refractivity contribution >= 4 is 11.9 Å². The van der Waals surface area contributed by atoms with Gasteiger partial charge in [-0.25, -0.2) is 0 Å². The molecular weight excluding hydrogens is 232 g/mol. The zero-order chi connectivity index (χ0) is 13.2. The molecule has 1 aliphatic rings. The average molecular weight is 244 g/mol. The van der Waals surface area contributed by atoms with E-state index in [0.29, 0.717) is 18.4 Å². The first-order valence-corrected chi connectivity index (χ1v) is 5.59. The molecule has 4 nitrogen and oxygen atoms in total. The van der Waals surface area contributed by atoms with Crippen molar-refractivity contribution in [2.45, 2.75) is 24.7 Å². The first kappa shape index (κ1) is 12.2. The lowest BCUT2D eigenvalue weighted by molar-refractivity contribution is -0.140. The lowest BCUT2D eigenvalue weighted by Gasteiger charge is -2.09. The molecule has 0 radical (unpaired) electrons. The molecule has 0 atom stereocenters. The van der Waals surface area contributed by atoms with Crippen LogP contribution in [0.4, 0.5) is 0 Å². The SMILES string of the molecule is O=C(O)CC#Cc1ccc(C2(C(=O)O)CC2)cc1. The van der Waals surface area contributed by atoms with Crippen molar-refractivity contribution in [1.82, 2.24) is 0 Å². The number of carboxylic acid groups (broad SMARTS) is 2. The summed E-state index contributed by atoms with van der Waals surface area (Å²) in [6, 6.07) is 6.97. The third-order valence-electron chi connectivity index (χ3n) is 3.07. The van der Waals surface area contributed by atoms with Crippen molar-refractivity contribution in [2.75, 3.05) is 0 Å². The fraction of sp³-hybridized carbons (Fsp3) is 0.286. The Bertz CT molecular complexity index is 541. The van der Waals surface area contributed by atoms with Crippen LogP contribution in [0.25, 0.3) is 0 Å². The summed E-state index contributed by atoms with van der Waals surface area (Å²) in [5.41, 5.74) is 0.785. The molecule has 1 fully saturated rings. The van der Waals surface area contributed by atoms with Gasteiger partial charge in [-0.15, -0.1) is 0 Å². The molecule has 0 spiro atoms. The summed E-state index contributed by atoms with van der Waals surface area (Å²) in [6.45, 7) is 0. The van der Waals surface area contributed by atoms with Crippen molar-refractivity contribution in [3.8, 4) is 11.8 Å². The molecule has 0 unspecified atom stereocenters. The number of benzene rings is 1. The molecular formula is C14H12O4. The normalized spacial score (nSPS) is 15.3. The van der Waals surface area contributed by atoms with Gasteiger partial charge in [0.05, 0.1) is 5.41 Å². The van der Waals surface area contributed by atoms with Crippen LogP contribution >= 0.6 is 0 Å². The van der Waals surface area contributed by atoms with Gasteiger partial charge in [-0.3, -0.25) is 9.59 Å². The van der Waals surface area contributed by atoms with Crippen LogP contribution in [-0.2, 0) is 15.0 Å². The minimum atomic E-state index is -0.957. The molecule has 0 aromatic heterocycles. The molecule has 1 aliphatic carbocycles. The van der Waals surface area contributed by atoms with E-state index in [9.17, 15) is 9.59 Å². The standard InChI is InChI=1S/C14H12O4/c15-12(16)3-1-2-10-4-6-11(7-5-10)14(8-9-14)13(17)18/h4-7H,3,8-9H2,(H,15,16)(H,17,18). The Balaban J connectivity index is 2.13. The van der Waals surface area contributed by atoms with Gasteiger partial charge in [0.1, 0.15) is 6.42 Å². The van der Waals surface area contributed by atoms with Gasteiger partial charge in [-0.1, -0.05) is 24.0 Å². The van der Waals surface area contributed by atoms with Gasteiger partial charge in [0.15, 0.2) is 0 Å². The van der Waals surface area contributed by atoms with E-state index in [2.05, 4.69) is 11.8 Å². The van der Waals surface area contributed by atoms with Crippen LogP contribution < -0.4 is 0 Å². The van der Waals surface area contributed by atoms with Gasteiger partial charge in [-0.2, -0.15) is 0 Å². The zero-order valence-corrected chi connectivity index (χ0v) is 9.64. The highest BCUT2D eigenvalue weighted by Gasteiger charge is 2.51. The summed E-state index contributed by atoms with van der Waals surface area (Å²) in [5.74, 6) is 3.52. The molecule has 18 heavy (non-hydrogen) atoms. The van der Waals surface area contributed by atoms with Crippen LogP contribution in [0.2, 0.25) is 0 Å². The Hall–Kier alpha value is -2.28. The topological polar surface area (TPSA) is 74.6 Å². The smallest absolute Gasteiger partial charge is 0.315 e. The highest BCUT2D eigenvalue weighted by molar-refractivity contribution is 5.84. The van der Waals surface area contributed by atoms with Crippen molar-refractivity contribution in [1.29, 1.82) is 0 Å². The zero-order valence-electron chi connectivity index (χ0n) is 9.64. The number of aliphatic carboxylic acids is 2. The quantitative estimate of drug-likeness (QED) is 0.792. The van der Waals surface area contributed by atoms with Crippen LogP contribution in [0, 0.1) is 11.8 Å². The summed E-state index contributed by atoms with van der Waals surface area (Å²) in [7, 11) is 0. The minimum absolute atomic E-state index is 0.194. The second-order valence-corrected chi connectivity index (χ2v) is 4.34. The third-order valence-corrected chi connectivity index (χ3v) is 3.07. The Morgan fingerprint density at radius 3 is 2.22 bits per heavy atom. The van der Waals surface area contributed by atoms with E-state index in [0.717, 1.165) is 5.56 Å². The van der Waals surface area contributed by atoms with E-state index in [1.165, 1.54) is 0 Å². The number of hydrogen-bond acceptors (Lipinski definition) is 2. The maximum atomic E-state index is 11.1. The minimum Gasteiger partial charge on any atom is -0.481 e. The van der Waals surface area contributed by atoms with Crippen molar-refractivity contribution in [3.05, 3.63) is 35.4 Å². The van der Waals surface area contributed by atoms with E-state index in [1.54, 1.807) is 24.3 Å². The lowest BCUT2D eigenvalue weighted by atomic mass is 9.95. The van der Waals surface area contributed by atoms with Crippen LogP contribution in [0.15, 0.2) is 24.3 Å². The number of carbonyl (C=O) groups is 2. The fourth-order valence-electron chi connectivity index (χ4n) is 1.85. The molecule has 4 heteroatoms. The van der Waals surface area contributed by atoms with Gasteiger partial charge in [0.2, 0.25) is 0 Å². The highest BCUT2D eigenvalue weighted by atomic mass is 16.4. The molecule has 2 rings (SSSR count). The molecule has 0 bridgehead atoms. The van der Waals surface area contributed by atoms with Gasteiger partial charge >= 0.3 is 11.9 Å². The average Bonchev–Trinajstić information content (AvgIpc) is 3.10. The number of carboxylic acids is 2. The summed E-state index contributed by atoms with van der Waals surface area (Å²) in [5, 5.41) is 17.6. The predicted molar refractivity (Wildman–Crippen MR) is 64.1 cm³/mol. The molecule has 0 heterocycles. The summed E-state index contributed by atoms with van der Waals surface area (Å²) in [6.07, 6.45) is 1.15. The largest absolute Gasteiger partial charge is 0.481 e. The molecule has 2 N–H and O–H groups in total. The van der Waals surface area contributed by atoms with Gasteiger partial charge in [0, 0.05) is 5.56 Å². The second-order valence-electron chi connectivity index (χ2n) is 4.34. The monoisotopic (exact) mass is 244 g/mol. The molecule has 1 aromatic rings. The number of rotatable bonds is 3. The van der Waals surface area contributed by atoms with Gasteiger partial charge in [0.25, 0.3) is 0 Å². The van der Waals surface area contributed by atoms with E-state index in [1.807, 2.05) is 0 Å². The molecule has 0 saturated heterocycles. The summed E-state index contributed by atoms with van der Waals surface area (Å²) < 4.78 is 0. The van der Waals surface area contributed by atoms with Crippen molar-refractivity contribution in [2.24, 2.45) is 0 Å². The highest BCUT2D eigenvalue weighted by Crippen LogP contribution is 2.48. The van der Waals surface area contributed by atoms with Crippen molar-refractivity contribution in [3.63, 3.8) is 0 Å². The first-order chi connectivity index (χ1) is 8.54. The van der Waals surface area contributed by atoms with E-state index in [4.69, 9.17) is 10.2 Å². The van der Waals surface area contributed by atoms with Crippen molar-refractivity contribution < 1.29 is 19.8 Å². The van der Waals surface area contributed by atoms with Crippen LogP contribution in [0.3, 0.4) is 0 Å². The maximum absolute atomic E-state index is 11.1. The molecule has 0 amide bonds. The molecule has 92 valence electrons. The van der Waals surface area contributed by atoms with Crippen LogP contribution in [0.1, 0.15) is 30.4 Å². The Kier molecular flexibility index (Phi) is 3.07. The molecule has 1 aromatic carbocycles. The predicted octanol–water partition coefficient (Wildman–Crippen LogP) is 1.63. The van der Waals surface area contributed by atoms with Gasteiger partial charge in [-0.05, 0) is 30.5 Å². The maximum Gasteiger partial charge on any atom is 0.315 e. The molecule has 1 saturated carbocycles. The third kappa shape index (κ3) is 2.35. The van der Waals surface area contributed by atoms with E-state index in [-0.39, 0.29) is 6.42 Å². The second kappa shape index (κ2) is 4.53. The van der Waals surface area contributed by atoms with E-state index < -0.39 is 17.4 Å². The Labute approximate surface area is 104 Å². The van der Waals surface area contributed by atoms with E-state index >= 15 is 0 Å². The van der Waals surface area contributed by atoms with Crippen LogP contribution in [-0.4, -0.2) is 22.2 Å². The Morgan fingerprint density at radius 2 is 1.78 bits per heavy atom. The summed E-state index contributed by atoms with van der Waals surface area (Å²) >= 11 is 0. The van der Waals surface area contributed by atoms with Crippen LogP contribution in [0.5, 0.6) is 0 Å². The number of hydrogen-bond donors (Lipinski definition) is 2. The fourth-order valence-corrected chi connectivity index (χ4v) is 1.85. The Morgan fingerprint density at radius 1 is 1.17 bits per heavy atom. The first-order valence-electron chi connectivity index (χ1n) is 5.59. The summed E-state index contributed by atoms with van der Waals surface area (Å²) in [4.78, 5) is 21.4. The lowest BCUT2D eigenvalue weighted by Crippen LogP contribution is -2.19. The molecule has 0 aliphatic heterocycles.